The molecule has 152 valence electrons. The number of amides is 1. The SMILES string of the molecule is CCCOc1ccc(/C=C2\SC(=S)N(C3CCS(=O)(=O)C3)C2=O)cc1OCC. The summed E-state index contributed by atoms with van der Waals surface area (Å²) in [5, 5.41) is 0. The third-order valence-corrected chi connectivity index (χ3v) is 7.50. The van der Waals surface area contributed by atoms with Crippen molar-refractivity contribution in [3.8, 4) is 11.5 Å². The second-order valence-electron chi connectivity index (χ2n) is 6.60. The molecular formula is C19H23NO5S3. The minimum Gasteiger partial charge on any atom is -0.490 e. The number of ether oxygens (including phenoxy) is 2. The third-order valence-electron chi connectivity index (χ3n) is 4.42. The van der Waals surface area contributed by atoms with Crippen LogP contribution in [0.1, 0.15) is 32.3 Å². The van der Waals surface area contributed by atoms with Crippen molar-refractivity contribution in [2.75, 3.05) is 24.7 Å². The van der Waals surface area contributed by atoms with Crippen LogP contribution >= 0.6 is 24.0 Å². The van der Waals surface area contributed by atoms with Crippen molar-refractivity contribution in [1.82, 2.24) is 4.90 Å². The van der Waals surface area contributed by atoms with Gasteiger partial charge in [-0.25, -0.2) is 8.42 Å². The molecule has 0 saturated carbocycles. The monoisotopic (exact) mass is 441 g/mol. The minimum absolute atomic E-state index is 0.0231. The van der Waals surface area contributed by atoms with Crippen LogP contribution in [0.4, 0.5) is 0 Å². The van der Waals surface area contributed by atoms with Crippen LogP contribution in [-0.2, 0) is 14.6 Å². The van der Waals surface area contributed by atoms with E-state index in [0.29, 0.717) is 40.4 Å². The predicted octanol–water partition coefficient (Wildman–Crippen LogP) is 3.26. The lowest BCUT2D eigenvalue weighted by atomic mass is 10.1. The summed E-state index contributed by atoms with van der Waals surface area (Å²) >= 11 is 6.55. The molecule has 1 aromatic rings. The fourth-order valence-corrected chi connectivity index (χ4v) is 6.24. The molecule has 0 aliphatic carbocycles. The second-order valence-corrected chi connectivity index (χ2v) is 10.5. The van der Waals surface area contributed by atoms with Gasteiger partial charge in [-0.05, 0) is 43.5 Å². The molecule has 1 aromatic carbocycles. The van der Waals surface area contributed by atoms with E-state index in [4.69, 9.17) is 21.7 Å². The summed E-state index contributed by atoms with van der Waals surface area (Å²) in [6.07, 6.45) is 3.08. The Morgan fingerprint density at radius 3 is 2.71 bits per heavy atom. The summed E-state index contributed by atoms with van der Waals surface area (Å²) < 4.78 is 35.3. The van der Waals surface area contributed by atoms with E-state index in [1.165, 1.54) is 16.7 Å². The van der Waals surface area contributed by atoms with Crippen molar-refractivity contribution in [2.45, 2.75) is 32.7 Å². The molecule has 0 aromatic heterocycles. The molecule has 0 bridgehead atoms. The molecule has 1 amide bonds. The Bertz CT molecular complexity index is 910. The van der Waals surface area contributed by atoms with Crippen molar-refractivity contribution in [2.24, 2.45) is 0 Å². The van der Waals surface area contributed by atoms with Gasteiger partial charge in [0.15, 0.2) is 21.3 Å². The first-order chi connectivity index (χ1) is 13.3. The molecule has 0 spiro atoms. The lowest BCUT2D eigenvalue weighted by Crippen LogP contribution is -2.39. The van der Waals surface area contributed by atoms with Gasteiger partial charge < -0.3 is 9.47 Å². The number of thiocarbonyl (C=S) groups is 1. The van der Waals surface area contributed by atoms with Gasteiger partial charge >= 0.3 is 0 Å². The molecule has 9 heteroatoms. The molecule has 3 rings (SSSR count). The van der Waals surface area contributed by atoms with Crippen LogP contribution in [0.15, 0.2) is 23.1 Å². The van der Waals surface area contributed by atoms with Gasteiger partial charge in [0.2, 0.25) is 0 Å². The zero-order valence-corrected chi connectivity index (χ0v) is 18.3. The van der Waals surface area contributed by atoms with Crippen molar-refractivity contribution in [3.05, 3.63) is 28.7 Å². The average Bonchev–Trinajstić information content (AvgIpc) is 3.13. The zero-order valence-electron chi connectivity index (χ0n) is 15.8. The topological polar surface area (TPSA) is 72.9 Å². The van der Waals surface area contributed by atoms with E-state index in [1.807, 2.05) is 32.0 Å². The number of carbonyl (C=O) groups excluding carboxylic acids is 1. The lowest BCUT2D eigenvalue weighted by Gasteiger charge is -2.20. The van der Waals surface area contributed by atoms with Gasteiger partial charge in [-0.15, -0.1) is 0 Å². The van der Waals surface area contributed by atoms with Gasteiger partial charge in [-0.1, -0.05) is 37.0 Å². The predicted molar refractivity (Wildman–Crippen MR) is 115 cm³/mol. The second kappa shape index (κ2) is 8.84. The van der Waals surface area contributed by atoms with E-state index in [1.54, 1.807) is 6.08 Å². The molecule has 1 atom stereocenters. The van der Waals surface area contributed by atoms with Crippen LogP contribution in [-0.4, -0.2) is 54.3 Å². The fourth-order valence-electron chi connectivity index (χ4n) is 3.14. The van der Waals surface area contributed by atoms with E-state index in [2.05, 4.69) is 0 Å². The van der Waals surface area contributed by atoms with Crippen molar-refractivity contribution in [3.63, 3.8) is 0 Å². The highest BCUT2D eigenvalue weighted by Crippen LogP contribution is 2.37. The van der Waals surface area contributed by atoms with Crippen molar-refractivity contribution >= 4 is 50.1 Å². The number of hydrogen-bond acceptors (Lipinski definition) is 7. The Labute approximate surface area is 175 Å². The van der Waals surface area contributed by atoms with E-state index < -0.39 is 9.84 Å². The van der Waals surface area contributed by atoms with Crippen molar-refractivity contribution < 1.29 is 22.7 Å². The number of carbonyl (C=O) groups is 1. The van der Waals surface area contributed by atoms with Gasteiger partial charge in [0, 0.05) is 0 Å². The van der Waals surface area contributed by atoms with Crippen molar-refractivity contribution in [1.29, 1.82) is 0 Å². The first kappa shape index (κ1) is 21.1. The summed E-state index contributed by atoms with van der Waals surface area (Å²) in [6, 6.07) is 5.16. The smallest absolute Gasteiger partial charge is 0.266 e. The molecule has 1 unspecified atom stereocenters. The molecule has 28 heavy (non-hydrogen) atoms. The Kier molecular flexibility index (Phi) is 6.67. The van der Waals surface area contributed by atoms with E-state index >= 15 is 0 Å². The third kappa shape index (κ3) is 4.69. The number of benzene rings is 1. The number of nitrogens with zero attached hydrogens (tertiary/aromatic N) is 1. The first-order valence-electron chi connectivity index (χ1n) is 9.21. The summed E-state index contributed by atoms with van der Waals surface area (Å²) in [6.45, 7) is 5.04. The maximum absolute atomic E-state index is 12.8. The van der Waals surface area contributed by atoms with Gasteiger partial charge in [0.25, 0.3) is 5.91 Å². The van der Waals surface area contributed by atoms with Gasteiger partial charge in [-0.2, -0.15) is 0 Å². The Balaban J connectivity index is 1.82. The number of rotatable bonds is 7. The van der Waals surface area contributed by atoms with E-state index in [0.717, 1.165) is 12.0 Å². The minimum atomic E-state index is -3.09. The molecular weight excluding hydrogens is 418 g/mol. The maximum atomic E-state index is 12.8. The highest BCUT2D eigenvalue weighted by molar-refractivity contribution is 8.26. The van der Waals surface area contributed by atoms with Crippen LogP contribution in [0.5, 0.6) is 11.5 Å². The van der Waals surface area contributed by atoms with Crippen LogP contribution in [0.2, 0.25) is 0 Å². The summed E-state index contributed by atoms with van der Waals surface area (Å²) in [5.41, 5.74) is 0.798. The summed E-state index contributed by atoms with van der Waals surface area (Å²) in [4.78, 5) is 14.8. The van der Waals surface area contributed by atoms with Gasteiger partial charge in [-0.3, -0.25) is 9.69 Å². The number of sulfone groups is 1. The molecule has 0 N–H and O–H groups in total. The quantitative estimate of drug-likeness (QED) is 0.475. The number of hydrogen-bond donors (Lipinski definition) is 0. The maximum Gasteiger partial charge on any atom is 0.266 e. The fraction of sp³-hybridized carbons (Fsp3) is 0.474. The molecule has 2 aliphatic heterocycles. The Morgan fingerprint density at radius 1 is 1.29 bits per heavy atom. The standard InChI is InChI=1S/C19H23NO5S3/c1-3-8-25-15-6-5-13(10-16(15)24-4-2)11-17-18(21)20(19(26)27-17)14-7-9-28(22,23)12-14/h5-6,10-11,14H,3-4,7-9,12H2,1-2H3/b17-11-. The van der Waals surface area contributed by atoms with Gasteiger partial charge in [0.1, 0.15) is 4.32 Å². The number of thioether (sulfide) groups is 1. The van der Waals surface area contributed by atoms with E-state index in [-0.39, 0.29) is 23.5 Å². The zero-order chi connectivity index (χ0) is 20.3. The van der Waals surface area contributed by atoms with Crippen LogP contribution in [0.3, 0.4) is 0 Å². The van der Waals surface area contributed by atoms with Gasteiger partial charge in [0.05, 0.1) is 35.7 Å². The molecule has 2 fully saturated rings. The van der Waals surface area contributed by atoms with Crippen LogP contribution < -0.4 is 9.47 Å². The summed E-state index contributed by atoms with van der Waals surface area (Å²) in [7, 11) is -3.09. The molecule has 2 heterocycles. The average molecular weight is 442 g/mol. The normalized spacial score (nSPS) is 22.9. The largest absolute Gasteiger partial charge is 0.490 e. The molecule has 6 nitrogen and oxygen atoms in total. The Hall–Kier alpha value is -1.58. The first-order valence-corrected chi connectivity index (χ1v) is 12.3. The van der Waals surface area contributed by atoms with Crippen LogP contribution in [0.25, 0.3) is 6.08 Å². The lowest BCUT2D eigenvalue weighted by molar-refractivity contribution is -0.123. The molecule has 0 radical (unpaired) electrons. The molecule has 2 saturated heterocycles. The Morgan fingerprint density at radius 2 is 2.07 bits per heavy atom. The summed E-state index contributed by atoms with van der Waals surface area (Å²) in [5.74, 6) is 1.14. The van der Waals surface area contributed by atoms with E-state index in [9.17, 15) is 13.2 Å². The highest BCUT2D eigenvalue weighted by Gasteiger charge is 2.42. The highest BCUT2D eigenvalue weighted by atomic mass is 32.2. The van der Waals surface area contributed by atoms with Crippen LogP contribution in [0, 0.1) is 0 Å². The molecule has 2 aliphatic rings.